The molecule has 0 atom stereocenters. The van der Waals surface area contributed by atoms with Crippen LogP contribution in [0.1, 0.15) is 6.92 Å². The van der Waals surface area contributed by atoms with Gasteiger partial charge >= 0.3 is 12.0 Å². The van der Waals surface area contributed by atoms with Gasteiger partial charge in [0.25, 0.3) is 5.91 Å². The Bertz CT molecular complexity index is 294. The number of ether oxygens (including phenoxy) is 2. The Balaban J connectivity index is 3.96. The van der Waals surface area contributed by atoms with Gasteiger partial charge in [-0.2, -0.15) is 0 Å². The third-order valence-electron chi connectivity index (χ3n) is 1.94. The molecule has 18 heavy (non-hydrogen) atoms. The second-order valence-corrected chi connectivity index (χ2v) is 3.31. The van der Waals surface area contributed by atoms with Gasteiger partial charge in [-0.1, -0.05) is 0 Å². The molecule has 0 bridgehead atoms. The lowest BCUT2D eigenvalue weighted by Crippen LogP contribution is -2.45. The summed E-state index contributed by atoms with van der Waals surface area (Å²) in [6, 6.07) is -0.557. The lowest BCUT2D eigenvalue weighted by molar-refractivity contribution is -0.143. The van der Waals surface area contributed by atoms with Crippen LogP contribution >= 0.6 is 0 Å². The highest BCUT2D eigenvalue weighted by molar-refractivity contribution is 5.95. The Labute approximate surface area is 105 Å². The van der Waals surface area contributed by atoms with Crippen LogP contribution in [0.4, 0.5) is 4.79 Å². The molecule has 0 aliphatic carbocycles. The fraction of sp³-hybridized carbons (Fsp3) is 0.700. The fourth-order valence-electron chi connectivity index (χ4n) is 1.07. The number of aliphatic carboxylic acids is 1. The van der Waals surface area contributed by atoms with E-state index in [2.05, 4.69) is 10.1 Å². The zero-order valence-electron chi connectivity index (χ0n) is 10.5. The van der Waals surface area contributed by atoms with Gasteiger partial charge in [0.1, 0.15) is 13.2 Å². The van der Waals surface area contributed by atoms with E-state index in [0.717, 1.165) is 0 Å². The van der Waals surface area contributed by atoms with E-state index in [1.54, 1.807) is 6.92 Å². The van der Waals surface area contributed by atoms with Crippen molar-refractivity contribution >= 4 is 17.9 Å². The first-order valence-electron chi connectivity index (χ1n) is 5.38. The van der Waals surface area contributed by atoms with Crippen molar-refractivity contribution in [2.45, 2.75) is 6.92 Å². The number of methoxy groups -OCH3 is 1. The number of nitrogens with one attached hydrogen (secondary N) is 1. The Kier molecular flexibility index (Phi) is 8.50. The molecule has 3 amide bonds. The number of urea groups is 1. The van der Waals surface area contributed by atoms with Crippen molar-refractivity contribution in [3.63, 3.8) is 0 Å². The maximum atomic E-state index is 11.6. The molecule has 0 fully saturated rings. The third-order valence-corrected chi connectivity index (χ3v) is 1.94. The van der Waals surface area contributed by atoms with Crippen LogP contribution in [0, 0.1) is 0 Å². The van der Waals surface area contributed by atoms with Crippen molar-refractivity contribution < 1.29 is 29.0 Å². The lowest BCUT2D eigenvalue weighted by Gasteiger charge is -2.20. The molecule has 0 aromatic rings. The molecule has 0 aliphatic heterocycles. The normalized spacial score (nSPS) is 9.89. The molecule has 0 aliphatic rings. The van der Waals surface area contributed by atoms with Gasteiger partial charge in [-0.05, 0) is 6.92 Å². The number of nitrogens with zero attached hydrogens (tertiary/aromatic N) is 1. The van der Waals surface area contributed by atoms with Crippen LogP contribution in [0.5, 0.6) is 0 Å². The first-order chi connectivity index (χ1) is 8.51. The minimum Gasteiger partial charge on any atom is -0.480 e. The molecule has 0 saturated heterocycles. The number of carboxylic acid groups (broad SMARTS) is 1. The third kappa shape index (κ3) is 7.58. The quantitative estimate of drug-likeness (QED) is 0.599. The van der Waals surface area contributed by atoms with E-state index in [1.165, 1.54) is 12.0 Å². The summed E-state index contributed by atoms with van der Waals surface area (Å²) >= 11 is 0. The molecule has 0 heterocycles. The summed E-state index contributed by atoms with van der Waals surface area (Å²) in [6.07, 6.45) is 0. The Morgan fingerprint density at radius 1 is 1.28 bits per heavy atom. The second-order valence-electron chi connectivity index (χ2n) is 3.31. The molecule has 2 N–H and O–H groups in total. The molecule has 0 aromatic carbocycles. The van der Waals surface area contributed by atoms with Crippen LogP contribution in [0.2, 0.25) is 0 Å². The topological polar surface area (TPSA) is 105 Å². The van der Waals surface area contributed by atoms with Gasteiger partial charge < -0.3 is 19.5 Å². The second kappa shape index (κ2) is 9.37. The van der Waals surface area contributed by atoms with Crippen molar-refractivity contribution in [2.24, 2.45) is 0 Å². The van der Waals surface area contributed by atoms with E-state index < -0.39 is 31.1 Å². The van der Waals surface area contributed by atoms with Crippen molar-refractivity contribution in [1.82, 2.24) is 10.2 Å². The monoisotopic (exact) mass is 262 g/mol. The summed E-state index contributed by atoms with van der Waals surface area (Å²) in [5.41, 5.74) is 0. The van der Waals surface area contributed by atoms with Crippen molar-refractivity contribution in [3.05, 3.63) is 0 Å². The molecule has 104 valence electrons. The Morgan fingerprint density at radius 3 is 2.44 bits per heavy atom. The number of carbonyl (C=O) groups excluding carboxylic acids is 2. The number of amides is 3. The van der Waals surface area contributed by atoms with Gasteiger partial charge in [0.15, 0.2) is 0 Å². The Hall–Kier alpha value is -1.67. The number of carboxylic acids is 1. The SMILES string of the molecule is CCN(CCOC)C(=O)NC(=O)COCC(=O)O. The molecule has 0 rings (SSSR count). The van der Waals surface area contributed by atoms with Crippen LogP contribution in [0.3, 0.4) is 0 Å². The smallest absolute Gasteiger partial charge is 0.329 e. The van der Waals surface area contributed by atoms with Gasteiger partial charge in [-0.3, -0.25) is 10.1 Å². The summed E-state index contributed by atoms with van der Waals surface area (Å²) in [6.45, 7) is 1.87. The van der Waals surface area contributed by atoms with Crippen molar-refractivity contribution in [1.29, 1.82) is 0 Å². The summed E-state index contributed by atoms with van der Waals surface area (Å²) in [7, 11) is 1.51. The van der Waals surface area contributed by atoms with E-state index in [0.29, 0.717) is 19.7 Å². The minimum atomic E-state index is -1.18. The molecular formula is C10H18N2O6. The predicted octanol–water partition coefficient (Wildman–Crippen LogP) is -0.708. The largest absolute Gasteiger partial charge is 0.480 e. The number of carbonyl (C=O) groups is 3. The molecule has 8 nitrogen and oxygen atoms in total. The summed E-state index contributed by atoms with van der Waals surface area (Å²) in [5.74, 6) is -1.86. The van der Waals surface area contributed by atoms with Crippen LogP contribution in [-0.4, -0.2) is 67.9 Å². The van der Waals surface area contributed by atoms with Crippen LogP contribution in [-0.2, 0) is 19.1 Å². The van der Waals surface area contributed by atoms with Gasteiger partial charge in [-0.15, -0.1) is 0 Å². The van der Waals surface area contributed by atoms with E-state index in [-0.39, 0.29) is 0 Å². The van der Waals surface area contributed by atoms with Gasteiger partial charge in [0.05, 0.1) is 6.61 Å². The molecule has 0 spiro atoms. The maximum Gasteiger partial charge on any atom is 0.329 e. The highest BCUT2D eigenvalue weighted by Crippen LogP contribution is 1.89. The summed E-state index contributed by atoms with van der Waals surface area (Å²) in [4.78, 5) is 34.3. The average Bonchev–Trinajstić information content (AvgIpc) is 2.29. The number of rotatable bonds is 8. The van der Waals surface area contributed by atoms with Gasteiger partial charge in [0.2, 0.25) is 0 Å². The highest BCUT2D eigenvalue weighted by atomic mass is 16.5. The average molecular weight is 262 g/mol. The molecule has 0 saturated carbocycles. The highest BCUT2D eigenvalue weighted by Gasteiger charge is 2.14. The zero-order chi connectivity index (χ0) is 14.0. The predicted molar refractivity (Wildman–Crippen MR) is 61.1 cm³/mol. The summed E-state index contributed by atoms with van der Waals surface area (Å²) < 4.78 is 9.37. The standard InChI is InChI=1S/C10H18N2O6/c1-3-12(4-5-17-2)10(16)11-8(13)6-18-7-9(14)15/h3-7H2,1-2H3,(H,14,15)(H,11,13,16). The van der Waals surface area contributed by atoms with Crippen LogP contribution in [0.25, 0.3) is 0 Å². The van der Waals surface area contributed by atoms with Crippen LogP contribution < -0.4 is 5.32 Å². The lowest BCUT2D eigenvalue weighted by atomic mass is 10.5. The molecule has 0 aromatic heterocycles. The number of hydrogen-bond donors (Lipinski definition) is 2. The van der Waals surface area contributed by atoms with E-state index in [4.69, 9.17) is 9.84 Å². The van der Waals surface area contributed by atoms with E-state index >= 15 is 0 Å². The Morgan fingerprint density at radius 2 is 1.94 bits per heavy atom. The zero-order valence-corrected chi connectivity index (χ0v) is 10.5. The molecule has 8 heteroatoms. The molecule has 0 radical (unpaired) electrons. The van der Waals surface area contributed by atoms with Crippen LogP contribution in [0.15, 0.2) is 0 Å². The number of hydrogen-bond acceptors (Lipinski definition) is 5. The fourth-order valence-corrected chi connectivity index (χ4v) is 1.07. The first-order valence-corrected chi connectivity index (χ1v) is 5.38. The van der Waals surface area contributed by atoms with Gasteiger partial charge in [0, 0.05) is 20.2 Å². The van der Waals surface area contributed by atoms with E-state index in [1.807, 2.05) is 0 Å². The van der Waals surface area contributed by atoms with E-state index in [9.17, 15) is 14.4 Å². The first kappa shape index (κ1) is 16.3. The maximum absolute atomic E-state index is 11.6. The molecular weight excluding hydrogens is 244 g/mol. The minimum absolute atomic E-state index is 0.363. The van der Waals surface area contributed by atoms with Gasteiger partial charge in [-0.25, -0.2) is 9.59 Å². The number of likely N-dealkylation sites (N-methyl/N-ethyl adjacent to an activating group) is 1. The number of imide groups is 1. The summed E-state index contributed by atoms with van der Waals surface area (Å²) in [5, 5.41) is 10.4. The van der Waals surface area contributed by atoms with Crippen molar-refractivity contribution in [3.8, 4) is 0 Å². The molecule has 0 unspecified atom stereocenters. The van der Waals surface area contributed by atoms with Crippen molar-refractivity contribution in [2.75, 3.05) is 40.0 Å².